The summed E-state index contributed by atoms with van der Waals surface area (Å²) in [6.45, 7) is 0. The first-order valence-electron chi connectivity index (χ1n) is 8.58. The summed E-state index contributed by atoms with van der Waals surface area (Å²) in [5.74, 6) is -0.280. The van der Waals surface area contributed by atoms with Crippen LogP contribution in [-0.2, 0) is 0 Å². The molecule has 0 aliphatic carbocycles. The molecule has 0 saturated heterocycles. The van der Waals surface area contributed by atoms with Crippen molar-refractivity contribution in [1.29, 1.82) is 0 Å². The molecule has 1 N–H and O–H groups in total. The number of halogens is 1. The number of carbonyl (C=O) groups is 1. The molecule has 1 amide bonds. The lowest BCUT2D eigenvalue weighted by atomic mass is 10.1. The monoisotopic (exact) mass is 392 g/mol. The van der Waals surface area contributed by atoms with Gasteiger partial charge in [-0.25, -0.2) is 15.0 Å². The number of nitrogens with one attached hydrogen (secondary N) is 1. The molecule has 0 radical (unpaired) electrons. The fourth-order valence-electron chi connectivity index (χ4n) is 2.93. The molecule has 0 aliphatic rings. The Morgan fingerprint density at radius 1 is 1.07 bits per heavy atom. The number of benzene rings is 1. The molecule has 0 aliphatic heterocycles. The van der Waals surface area contributed by atoms with Crippen LogP contribution in [0.4, 0.5) is 11.4 Å². The molecule has 3 aromatic heterocycles. The van der Waals surface area contributed by atoms with E-state index < -0.39 is 0 Å². The Balaban J connectivity index is 1.73. The second-order valence-corrected chi connectivity index (χ2v) is 6.53. The van der Waals surface area contributed by atoms with Crippen LogP contribution in [0.3, 0.4) is 0 Å². The van der Waals surface area contributed by atoms with Gasteiger partial charge in [-0.3, -0.25) is 9.20 Å². The molecule has 0 bridgehead atoms. The van der Waals surface area contributed by atoms with Gasteiger partial charge in [0.2, 0.25) is 0 Å². The maximum Gasteiger partial charge on any atom is 0.280 e. The van der Waals surface area contributed by atoms with Crippen molar-refractivity contribution in [3.63, 3.8) is 0 Å². The van der Waals surface area contributed by atoms with E-state index in [1.54, 1.807) is 44.0 Å². The van der Waals surface area contributed by atoms with E-state index in [4.69, 9.17) is 11.6 Å². The minimum Gasteiger partial charge on any atom is -0.388 e. The molecule has 4 rings (SSSR count). The predicted molar refractivity (Wildman–Crippen MR) is 110 cm³/mol. The Kier molecular flexibility index (Phi) is 4.67. The average molecular weight is 393 g/mol. The number of imidazole rings is 1. The molecule has 28 heavy (non-hydrogen) atoms. The highest BCUT2D eigenvalue weighted by atomic mass is 35.5. The lowest BCUT2D eigenvalue weighted by Crippen LogP contribution is -2.27. The van der Waals surface area contributed by atoms with Gasteiger partial charge in [0.05, 0.1) is 23.8 Å². The van der Waals surface area contributed by atoms with E-state index in [0.717, 1.165) is 16.9 Å². The third kappa shape index (κ3) is 3.16. The van der Waals surface area contributed by atoms with Crippen molar-refractivity contribution < 1.29 is 4.79 Å². The van der Waals surface area contributed by atoms with Crippen molar-refractivity contribution in [2.45, 2.75) is 0 Å². The summed E-state index contributed by atoms with van der Waals surface area (Å²) in [5, 5.41) is 3.46. The second kappa shape index (κ2) is 7.28. The molecule has 4 aromatic rings. The topological polar surface area (TPSA) is 75.4 Å². The smallest absolute Gasteiger partial charge is 0.280 e. The van der Waals surface area contributed by atoms with Crippen LogP contribution in [0, 0.1) is 0 Å². The molecule has 1 aromatic carbocycles. The summed E-state index contributed by atoms with van der Waals surface area (Å²) in [6.07, 6.45) is 6.68. The minimum atomic E-state index is -0.280. The molecule has 0 fully saturated rings. The number of anilines is 2. The highest BCUT2D eigenvalue weighted by molar-refractivity contribution is 6.29. The van der Waals surface area contributed by atoms with Gasteiger partial charge in [-0.15, -0.1) is 0 Å². The Morgan fingerprint density at radius 3 is 2.54 bits per heavy atom. The van der Waals surface area contributed by atoms with Gasteiger partial charge in [0, 0.05) is 37.7 Å². The van der Waals surface area contributed by atoms with Crippen molar-refractivity contribution in [3.8, 4) is 11.3 Å². The highest BCUT2D eigenvalue weighted by Gasteiger charge is 2.20. The summed E-state index contributed by atoms with van der Waals surface area (Å²) in [5.41, 5.74) is 4.27. The molecular weight excluding hydrogens is 376 g/mol. The third-order valence-corrected chi connectivity index (χ3v) is 4.73. The zero-order valence-corrected chi connectivity index (χ0v) is 16.1. The van der Waals surface area contributed by atoms with Gasteiger partial charge in [0.1, 0.15) is 5.15 Å². The minimum absolute atomic E-state index is 0.262. The maximum atomic E-state index is 13.0. The summed E-state index contributed by atoms with van der Waals surface area (Å²) in [6, 6.07) is 11.4. The van der Waals surface area contributed by atoms with Gasteiger partial charge >= 0.3 is 0 Å². The Hall–Kier alpha value is -3.45. The van der Waals surface area contributed by atoms with E-state index in [1.165, 1.54) is 4.90 Å². The number of aromatic nitrogens is 4. The lowest BCUT2D eigenvalue weighted by molar-refractivity contribution is 0.0989. The molecule has 0 atom stereocenters. The van der Waals surface area contributed by atoms with Crippen LogP contribution in [0.1, 0.15) is 10.5 Å². The number of pyridine rings is 1. The number of hydrogen-bond donors (Lipinski definition) is 1. The maximum absolute atomic E-state index is 13.0. The molecule has 0 unspecified atom stereocenters. The number of hydrogen-bond acceptors (Lipinski definition) is 5. The average Bonchev–Trinajstić information content (AvgIpc) is 3.17. The standard InChI is InChI=1S/C20H17ClN6O/c1-22-14-5-3-13(4-6-14)16-12-25-19-18(23-9-10-27(16)19)20(28)26(2)15-7-8-17(21)24-11-15/h3-12,22H,1-2H3. The fourth-order valence-corrected chi connectivity index (χ4v) is 3.05. The van der Waals surface area contributed by atoms with E-state index in [-0.39, 0.29) is 11.6 Å². The zero-order valence-electron chi connectivity index (χ0n) is 15.3. The molecule has 8 heteroatoms. The summed E-state index contributed by atoms with van der Waals surface area (Å²) in [7, 11) is 3.54. The number of nitrogens with zero attached hydrogens (tertiary/aromatic N) is 5. The van der Waals surface area contributed by atoms with Gasteiger partial charge in [-0.2, -0.15) is 0 Å². The second-order valence-electron chi connectivity index (χ2n) is 6.14. The SMILES string of the molecule is CNc1ccc(-c2cnc3c(C(=O)N(C)c4ccc(Cl)nc4)nccn23)cc1. The zero-order chi connectivity index (χ0) is 19.7. The molecule has 0 saturated carbocycles. The van der Waals surface area contributed by atoms with Crippen LogP contribution in [-0.4, -0.2) is 39.4 Å². The van der Waals surface area contributed by atoms with Crippen LogP contribution in [0.25, 0.3) is 16.9 Å². The van der Waals surface area contributed by atoms with Gasteiger partial charge in [-0.05, 0) is 24.3 Å². The summed E-state index contributed by atoms with van der Waals surface area (Å²) in [4.78, 5) is 27.2. The quantitative estimate of drug-likeness (QED) is 0.535. The van der Waals surface area contributed by atoms with Gasteiger partial charge in [-0.1, -0.05) is 23.7 Å². The summed E-state index contributed by atoms with van der Waals surface area (Å²) < 4.78 is 1.86. The van der Waals surface area contributed by atoms with E-state index in [0.29, 0.717) is 16.5 Å². The van der Waals surface area contributed by atoms with Crippen molar-refractivity contribution in [3.05, 3.63) is 72.0 Å². The van der Waals surface area contributed by atoms with Crippen molar-refractivity contribution in [2.75, 3.05) is 24.3 Å². The number of carbonyl (C=O) groups excluding carboxylic acids is 1. The van der Waals surface area contributed by atoms with Gasteiger partial charge in [0.15, 0.2) is 11.3 Å². The van der Waals surface area contributed by atoms with Crippen LogP contribution in [0.2, 0.25) is 5.15 Å². The van der Waals surface area contributed by atoms with E-state index in [2.05, 4.69) is 20.3 Å². The van der Waals surface area contributed by atoms with E-state index >= 15 is 0 Å². The number of fused-ring (bicyclic) bond motifs is 1. The highest BCUT2D eigenvalue weighted by Crippen LogP contribution is 2.24. The van der Waals surface area contributed by atoms with Crippen molar-refractivity contribution in [1.82, 2.24) is 19.4 Å². The number of amides is 1. The van der Waals surface area contributed by atoms with Crippen LogP contribution < -0.4 is 10.2 Å². The first-order chi connectivity index (χ1) is 13.6. The van der Waals surface area contributed by atoms with Crippen molar-refractivity contribution >= 4 is 34.5 Å². The Morgan fingerprint density at radius 2 is 1.86 bits per heavy atom. The lowest BCUT2D eigenvalue weighted by Gasteiger charge is -2.16. The van der Waals surface area contributed by atoms with E-state index in [1.807, 2.05) is 35.7 Å². The fraction of sp³-hybridized carbons (Fsp3) is 0.100. The molecule has 140 valence electrons. The third-order valence-electron chi connectivity index (χ3n) is 4.50. The number of rotatable bonds is 4. The largest absolute Gasteiger partial charge is 0.388 e. The molecule has 7 nitrogen and oxygen atoms in total. The first kappa shape index (κ1) is 17.9. The van der Waals surface area contributed by atoms with Crippen LogP contribution in [0.15, 0.2) is 61.2 Å². The Labute approximate surface area is 166 Å². The summed E-state index contributed by atoms with van der Waals surface area (Å²) >= 11 is 5.83. The normalized spacial score (nSPS) is 10.8. The van der Waals surface area contributed by atoms with Crippen LogP contribution >= 0.6 is 11.6 Å². The van der Waals surface area contributed by atoms with E-state index in [9.17, 15) is 4.79 Å². The van der Waals surface area contributed by atoms with Crippen molar-refractivity contribution in [2.24, 2.45) is 0 Å². The van der Waals surface area contributed by atoms with Crippen LogP contribution in [0.5, 0.6) is 0 Å². The van der Waals surface area contributed by atoms with Gasteiger partial charge < -0.3 is 10.2 Å². The molecular formula is C20H17ClN6O. The molecule has 0 spiro atoms. The Bertz CT molecular complexity index is 1140. The van der Waals surface area contributed by atoms with Gasteiger partial charge in [0.25, 0.3) is 5.91 Å². The predicted octanol–water partition coefficient (Wildman–Crippen LogP) is 3.76. The first-order valence-corrected chi connectivity index (χ1v) is 8.96. The molecule has 3 heterocycles.